The third-order valence-electron chi connectivity index (χ3n) is 4.12. The molecule has 2 aliphatic rings. The number of carbonyl (C=O) groups excluding carboxylic acids is 1. The van der Waals surface area contributed by atoms with Crippen molar-refractivity contribution in [3.8, 4) is 11.5 Å². The molecule has 3 rings (SSSR count). The summed E-state index contributed by atoms with van der Waals surface area (Å²) in [6.45, 7) is 0. The zero-order valence-electron chi connectivity index (χ0n) is 11.9. The van der Waals surface area contributed by atoms with E-state index in [-0.39, 0.29) is 35.8 Å². The lowest BCUT2D eigenvalue weighted by atomic mass is 10.0. The van der Waals surface area contributed by atoms with E-state index in [0.717, 1.165) is 0 Å². The van der Waals surface area contributed by atoms with E-state index in [2.05, 4.69) is 0 Å². The summed E-state index contributed by atoms with van der Waals surface area (Å²) in [5.74, 6) is 1.08. The number of carbonyl (C=O) groups is 1. The van der Waals surface area contributed by atoms with Gasteiger partial charge in [-0.05, 0) is 12.1 Å². The first-order valence-corrected chi connectivity index (χ1v) is 8.52. The topological polar surface area (TPSA) is 72.9 Å². The fourth-order valence-corrected chi connectivity index (χ4v) is 5.26. The van der Waals surface area contributed by atoms with Crippen LogP contribution in [0.3, 0.4) is 0 Å². The second-order valence-electron chi connectivity index (χ2n) is 5.41. The maximum absolute atomic E-state index is 12.3. The van der Waals surface area contributed by atoms with Crippen LogP contribution in [-0.2, 0) is 14.6 Å². The second kappa shape index (κ2) is 4.91. The molecule has 2 atom stereocenters. The molecule has 0 bridgehead atoms. The lowest BCUT2D eigenvalue weighted by molar-refractivity contribution is -0.117. The molecule has 0 aliphatic carbocycles. The standard InChI is InChI=1S/C14H17NO5S/c1-19-10-3-4-11(13(6-10)20-2)15-12-8-21(17,18)7-9(12)5-14(15)16/h3-4,6,9,12H,5,7-8H2,1-2H3/t9-,12+/m0/s1. The van der Waals surface area contributed by atoms with E-state index in [0.29, 0.717) is 17.2 Å². The van der Waals surface area contributed by atoms with E-state index in [1.165, 1.54) is 7.11 Å². The summed E-state index contributed by atoms with van der Waals surface area (Å²) in [7, 11) is 0.00455. The zero-order chi connectivity index (χ0) is 15.2. The molecule has 0 N–H and O–H groups in total. The average Bonchev–Trinajstić information content (AvgIpc) is 2.88. The Labute approximate surface area is 123 Å². The molecule has 2 saturated heterocycles. The number of amides is 1. The summed E-state index contributed by atoms with van der Waals surface area (Å²) < 4.78 is 34.1. The molecule has 2 fully saturated rings. The van der Waals surface area contributed by atoms with Crippen LogP contribution in [0.5, 0.6) is 11.5 Å². The molecule has 7 heteroatoms. The van der Waals surface area contributed by atoms with Crippen LogP contribution in [0, 0.1) is 5.92 Å². The number of hydrogen-bond acceptors (Lipinski definition) is 5. The van der Waals surface area contributed by atoms with Crippen molar-refractivity contribution in [2.75, 3.05) is 30.6 Å². The highest BCUT2D eigenvalue weighted by Crippen LogP contribution is 2.41. The van der Waals surface area contributed by atoms with Crippen molar-refractivity contribution < 1.29 is 22.7 Å². The number of ether oxygens (including phenoxy) is 2. The lowest BCUT2D eigenvalue weighted by Gasteiger charge is -2.25. The van der Waals surface area contributed by atoms with Crippen LogP contribution >= 0.6 is 0 Å². The first-order chi connectivity index (χ1) is 9.95. The third kappa shape index (κ3) is 2.35. The van der Waals surface area contributed by atoms with Crippen LogP contribution in [0.4, 0.5) is 5.69 Å². The van der Waals surface area contributed by atoms with Crippen LogP contribution < -0.4 is 14.4 Å². The van der Waals surface area contributed by atoms with Gasteiger partial charge >= 0.3 is 0 Å². The molecular weight excluding hydrogens is 294 g/mol. The second-order valence-corrected chi connectivity index (χ2v) is 7.56. The number of fused-ring (bicyclic) bond motifs is 1. The molecule has 0 aromatic heterocycles. The van der Waals surface area contributed by atoms with Crippen molar-refractivity contribution in [2.24, 2.45) is 5.92 Å². The molecule has 21 heavy (non-hydrogen) atoms. The quantitative estimate of drug-likeness (QED) is 0.827. The third-order valence-corrected chi connectivity index (χ3v) is 5.91. The highest BCUT2D eigenvalue weighted by Gasteiger charge is 2.49. The Hall–Kier alpha value is -1.76. The van der Waals surface area contributed by atoms with Crippen LogP contribution in [0.15, 0.2) is 18.2 Å². The molecule has 6 nitrogen and oxygen atoms in total. The Morgan fingerprint density at radius 3 is 2.62 bits per heavy atom. The van der Waals surface area contributed by atoms with Crippen molar-refractivity contribution in [1.29, 1.82) is 0 Å². The molecule has 2 aliphatic heterocycles. The van der Waals surface area contributed by atoms with Gasteiger partial charge in [-0.25, -0.2) is 8.42 Å². The van der Waals surface area contributed by atoms with Gasteiger partial charge in [0.2, 0.25) is 5.91 Å². The maximum Gasteiger partial charge on any atom is 0.227 e. The van der Waals surface area contributed by atoms with Crippen molar-refractivity contribution in [3.63, 3.8) is 0 Å². The largest absolute Gasteiger partial charge is 0.497 e. The summed E-state index contributed by atoms with van der Waals surface area (Å²) >= 11 is 0. The average molecular weight is 311 g/mol. The molecule has 114 valence electrons. The first-order valence-electron chi connectivity index (χ1n) is 6.69. The van der Waals surface area contributed by atoms with E-state index >= 15 is 0 Å². The smallest absolute Gasteiger partial charge is 0.227 e. The number of methoxy groups -OCH3 is 2. The number of anilines is 1. The molecule has 0 radical (unpaired) electrons. The van der Waals surface area contributed by atoms with Crippen molar-refractivity contribution in [2.45, 2.75) is 12.5 Å². The molecule has 2 heterocycles. The number of rotatable bonds is 3. The number of hydrogen-bond donors (Lipinski definition) is 0. The van der Waals surface area contributed by atoms with Crippen molar-refractivity contribution in [1.82, 2.24) is 0 Å². The fraction of sp³-hybridized carbons (Fsp3) is 0.500. The summed E-state index contributed by atoms with van der Waals surface area (Å²) in [4.78, 5) is 13.8. The Morgan fingerprint density at radius 2 is 1.95 bits per heavy atom. The molecular formula is C14H17NO5S. The van der Waals surface area contributed by atoms with Gasteiger partial charge in [-0.2, -0.15) is 0 Å². The van der Waals surface area contributed by atoms with Crippen LogP contribution in [0.1, 0.15) is 6.42 Å². The zero-order valence-corrected chi connectivity index (χ0v) is 12.7. The number of sulfone groups is 1. The molecule has 1 aromatic carbocycles. The summed E-state index contributed by atoms with van der Waals surface area (Å²) in [5.41, 5.74) is 0.605. The Morgan fingerprint density at radius 1 is 1.19 bits per heavy atom. The van der Waals surface area contributed by atoms with Gasteiger partial charge in [-0.1, -0.05) is 0 Å². The lowest BCUT2D eigenvalue weighted by Crippen LogP contribution is -2.36. The van der Waals surface area contributed by atoms with Gasteiger partial charge in [-0.3, -0.25) is 4.79 Å². The van der Waals surface area contributed by atoms with Gasteiger partial charge < -0.3 is 14.4 Å². The SMILES string of the molecule is COc1ccc(N2C(=O)C[C@H]3CS(=O)(=O)C[C@H]32)c(OC)c1. The Bertz CT molecular complexity index is 685. The summed E-state index contributed by atoms with van der Waals surface area (Å²) in [6, 6.07) is 4.88. The van der Waals surface area contributed by atoms with Crippen LogP contribution in [-0.4, -0.2) is 46.1 Å². The highest BCUT2D eigenvalue weighted by molar-refractivity contribution is 7.91. The molecule has 0 spiro atoms. The van der Waals surface area contributed by atoms with Gasteiger partial charge in [-0.15, -0.1) is 0 Å². The summed E-state index contributed by atoms with van der Waals surface area (Å²) in [5, 5.41) is 0. The Kier molecular flexibility index (Phi) is 3.32. The van der Waals surface area contributed by atoms with E-state index < -0.39 is 9.84 Å². The monoisotopic (exact) mass is 311 g/mol. The van der Waals surface area contributed by atoms with Gasteiger partial charge in [0.05, 0.1) is 37.5 Å². The molecule has 1 aromatic rings. The van der Waals surface area contributed by atoms with Crippen molar-refractivity contribution >= 4 is 21.4 Å². The minimum Gasteiger partial charge on any atom is -0.497 e. The minimum atomic E-state index is -3.06. The highest BCUT2D eigenvalue weighted by atomic mass is 32.2. The normalized spacial score (nSPS) is 26.8. The van der Waals surface area contributed by atoms with E-state index in [1.807, 2.05) is 0 Å². The Balaban J connectivity index is 2.01. The van der Waals surface area contributed by atoms with Crippen LogP contribution in [0.2, 0.25) is 0 Å². The van der Waals surface area contributed by atoms with Gasteiger partial charge in [0.25, 0.3) is 0 Å². The van der Waals surface area contributed by atoms with E-state index in [1.54, 1.807) is 30.2 Å². The van der Waals surface area contributed by atoms with E-state index in [4.69, 9.17) is 9.47 Å². The molecule has 0 saturated carbocycles. The maximum atomic E-state index is 12.3. The fourth-order valence-electron chi connectivity index (χ4n) is 3.19. The van der Waals surface area contributed by atoms with Crippen molar-refractivity contribution in [3.05, 3.63) is 18.2 Å². The number of nitrogens with zero attached hydrogens (tertiary/aromatic N) is 1. The predicted octanol–water partition coefficient (Wildman–Crippen LogP) is 0.854. The van der Waals surface area contributed by atoms with Gasteiger partial charge in [0, 0.05) is 18.4 Å². The summed E-state index contributed by atoms with van der Waals surface area (Å²) in [6.07, 6.45) is 0.277. The minimum absolute atomic E-state index is 0.0264. The van der Waals surface area contributed by atoms with Crippen LogP contribution in [0.25, 0.3) is 0 Å². The van der Waals surface area contributed by atoms with Gasteiger partial charge in [0.15, 0.2) is 9.84 Å². The van der Waals surface area contributed by atoms with Gasteiger partial charge in [0.1, 0.15) is 11.5 Å². The van der Waals surface area contributed by atoms with E-state index in [9.17, 15) is 13.2 Å². The molecule has 0 unspecified atom stereocenters. The molecule has 1 amide bonds. The predicted molar refractivity (Wildman–Crippen MR) is 77.6 cm³/mol. The first kappa shape index (κ1) is 14.2. The number of benzene rings is 1.